The van der Waals surface area contributed by atoms with E-state index < -0.39 is 26.6 Å². The van der Waals surface area contributed by atoms with Gasteiger partial charge in [-0.15, -0.1) is 0 Å². The first-order valence-electron chi connectivity index (χ1n) is 12.8. The summed E-state index contributed by atoms with van der Waals surface area (Å²) in [5.41, 5.74) is 2.59. The van der Waals surface area contributed by atoms with Gasteiger partial charge in [0.1, 0.15) is 18.3 Å². The van der Waals surface area contributed by atoms with Gasteiger partial charge in [0.2, 0.25) is 0 Å². The Labute approximate surface area is 222 Å². The Kier molecular flexibility index (Phi) is 10.4. The van der Waals surface area contributed by atoms with Crippen LogP contribution in [0.1, 0.15) is 43.6 Å². The van der Waals surface area contributed by atoms with Crippen LogP contribution in [0.3, 0.4) is 0 Å². The quantitative estimate of drug-likeness (QED) is 0.261. The zero-order chi connectivity index (χ0) is 26.9. The van der Waals surface area contributed by atoms with Crippen LogP contribution >= 0.6 is 0 Å². The van der Waals surface area contributed by atoms with Crippen molar-refractivity contribution in [1.29, 1.82) is 0 Å². The first kappa shape index (κ1) is 29.0. The normalized spacial score (nSPS) is 14.6. The maximum atomic E-state index is 14.1. The Morgan fingerprint density at radius 3 is 1.81 bits per heavy atom. The van der Waals surface area contributed by atoms with E-state index in [-0.39, 0.29) is 24.0 Å². The number of aliphatic hydroxyl groups is 1. The third-order valence-electron chi connectivity index (χ3n) is 6.93. The lowest BCUT2D eigenvalue weighted by Crippen LogP contribution is -2.51. The van der Waals surface area contributed by atoms with Crippen LogP contribution in [0.4, 0.5) is 0 Å². The summed E-state index contributed by atoms with van der Waals surface area (Å²) in [4.78, 5) is 14.1. The Morgan fingerprint density at radius 1 is 0.811 bits per heavy atom. The summed E-state index contributed by atoms with van der Waals surface area (Å²) < 4.78 is 18.7. The molecule has 1 N–H and O–H groups in total. The molecular weight excluding hydrogens is 480 g/mol. The molecule has 0 bridgehead atoms. The lowest BCUT2D eigenvalue weighted by Gasteiger charge is -2.40. The standard InChI is InChI=1S/C31H40O5Si/c1-31(2,3)37(4,5)36-30(28(32)26-19-13-8-14-20-26)29(33)27(35-22-25-17-11-7-12-18-25)23-34-21-24-15-9-6-10-16-24/h6-20,27-28,30,32H,21-23H2,1-5H3/t27-,28?,30+/m0/s1. The van der Waals surface area contributed by atoms with Crippen molar-refractivity contribution < 1.29 is 23.8 Å². The molecule has 6 heteroatoms. The van der Waals surface area contributed by atoms with Crippen LogP contribution in [0.15, 0.2) is 91.0 Å². The Balaban J connectivity index is 1.86. The van der Waals surface area contributed by atoms with E-state index in [1.165, 1.54) is 0 Å². The second-order valence-corrected chi connectivity index (χ2v) is 15.6. The van der Waals surface area contributed by atoms with E-state index in [1.54, 1.807) is 0 Å². The molecule has 5 nitrogen and oxygen atoms in total. The Morgan fingerprint density at radius 2 is 1.30 bits per heavy atom. The smallest absolute Gasteiger partial charge is 0.194 e. The molecule has 3 rings (SSSR count). The molecule has 0 aromatic heterocycles. The van der Waals surface area contributed by atoms with Gasteiger partial charge in [-0.25, -0.2) is 0 Å². The number of Topliss-reactive ketones (excluding diaryl/α,β-unsaturated/α-hetero) is 1. The molecular formula is C31H40O5Si. The summed E-state index contributed by atoms with van der Waals surface area (Å²) in [6, 6.07) is 28.7. The van der Waals surface area contributed by atoms with E-state index in [1.807, 2.05) is 91.0 Å². The predicted octanol–water partition coefficient (Wildman–Crippen LogP) is 6.48. The summed E-state index contributed by atoms with van der Waals surface area (Å²) in [6.45, 7) is 11.2. The van der Waals surface area contributed by atoms with Crippen molar-refractivity contribution in [3.63, 3.8) is 0 Å². The predicted molar refractivity (Wildman–Crippen MR) is 150 cm³/mol. The van der Waals surface area contributed by atoms with Crippen molar-refractivity contribution in [3.05, 3.63) is 108 Å². The molecule has 3 atom stereocenters. The van der Waals surface area contributed by atoms with E-state index >= 15 is 0 Å². The molecule has 37 heavy (non-hydrogen) atoms. The highest BCUT2D eigenvalue weighted by Gasteiger charge is 2.44. The monoisotopic (exact) mass is 520 g/mol. The van der Waals surface area contributed by atoms with Gasteiger partial charge in [0.15, 0.2) is 14.1 Å². The van der Waals surface area contributed by atoms with Crippen LogP contribution in [-0.4, -0.2) is 38.0 Å². The molecule has 0 fully saturated rings. The van der Waals surface area contributed by atoms with Gasteiger partial charge in [0.05, 0.1) is 19.8 Å². The Hall–Kier alpha value is -2.61. The highest BCUT2D eigenvalue weighted by atomic mass is 28.4. The fourth-order valence-electron chi connectivity index (χ4n) is 3.62. The fraction of sp³-hybridized carbons (Fsp3) is 0.387. The molecule has 3 aromatic rings. The minimum atomic E-state index is -2.42. The van der Waals surface area contributed by atoms with Gasteiger partial charge in [-0.05, 0) is 34.8 Å². The number of ketones is 1. The molecule has 0 radical (unpaired) electrons. The Bertz CT molecular complexity index is 1080. The second kappa shape index (κ2) is 13.3. The van der Waals surface area contributed by atoms with E-state index in [4.69, 9.17) is 13.9 Å². The van der Waals surface area contributed by atoms with Crippen molar-refractivity contribution >= 4 is 14.1 Å². The van der Waals surface area contributed by atoms with Crippen molar-refractivity contribution in [2.24, 2.45) is 0 Å². The number of aliphatic hydroxyl groups excluding tert-OH is 1. The fourth-order valence-corrected chi connectivity index (χ4v) is 4.86. The zero-order valence-electron chi connectivity index (χ0n) is 22.6. The van der Waals surface area contributed by atoms with Gasteiger partial charge in [0, 0.05) is 0 Å². The average molecular weight is 521 g/mol. The van der Waals surface area contributed by atoms with Crippen LogP contribution < -0.4 is 0 Å². The highest BCUT2D eigenvalue weighted by Crippen LogP contribution is 2.39. The van der Waals surface area contributed by atoms with Gasteiger partial charge in [-0.2, -0.15) is 0 Å². The molecule has 0 saturated heterocycles. The first-order valence-corrected chi connectivity index (χ1v) is 15.7. The number of hydrogen-bond acceptors (Lipinski definition) is 5. The number of ether oxygens (including phenoxy) is 2. The molecule has 0 aliphatic heterocycles. The van der Waals surface area contributed by atoms with Crippen LogP contribution in [0.5, 0.6) is 0 Å². The van der Waals surface area contributed by atoms with E-state index in [2.05, 4.69) is 33.9 Å². The number of rotatable bonds is 13. The SMILES string of the molecule is CC(C)(C)[Si](C)(C)O[C@@H](C(=O)[C@H](COCc1ccccc1)OCc1ccccc1)C(O)c1ccccc1. The second-order valence-electron chi connectivity index (χ2n) is 10.8. The van der Waals surface area contributed by atoms with E-state index in [0.717, 1.165) is 11.1 Å². The zero-order valence-corrected chi connectivity index (χ0v) is 23.6. The van der Waals surface area contributed by atoms with Gasteiger partial charge >= 0.3 is 0 Å². The molecule has 0 heterocycles. The van der Waals surface area contributed by atoms with Crippen LogP contribution in [0.2, 0.25) is 18.1 Å². The summed E-state index contributed by atoms with van der Waals surface area (Å²) in [6.07, 6.45) is -3.11. The highest BCUT2D eigenvalue weighted by molar-refractivity contribution is 6.74. The number of benzene rings is 3. The van der Waals surface area contributed by atoms with Crippen LogP contribution in [0.25, 0.3) is 0 Å². The summed E-state index contributed by atoms with van der Waals surface area (Å²) >= 11 is 0. The van der Waals surface area contributed by atoms with Gasteiger partial charge < -0.3 is 19.0 Å². The topological polar surface area (TPSA) is 65.0 Å². The minimum Gasteiger partial charge on any atom is -0.404 e. The third-order valence-corrected chi connectivity index (χ3v) is 11.4. The molecule has 1 unspecified atom stereocenters. The molecule has 0 aliphatic rings. The van der Waals surface area contributed by atoms with Crippen LogP contribution in [-0.2, 0) is 31.9 Å². The number of carbonyl (C=O) groups is 1. The lowest BCUT2D eigenvalue weighted by molar-refractivity contribution is -0.149. The van der Waals surface area contributed by atoms with Gasteiger partial charge in [0.25, 0.3) is 0 Å². The lowest BCUT2D eigenvalue weighted by atomic mass is 9.99. The van der Waals surface area contributed by atoms with E-state index in [0.29, 0.717) is 12.2 Å². The number of carbonyl (C=O) groups excluding carboxylic acids is 1. The molecule has 0 aliphatic carbocycles. The van der Waals surface area contributed by atoms with Crippen molar-refractivity contribution in [2.45, 2.75) is 70.4 Å². The number of hydrogen-bond donors (Lipinski definition) is 1. The summed E-state index contributed by atoms with van der Waals surface area (Å²) in [5, 5.41) is 11.3. The first-order chi connectivity index (χ1) is 17.6. The third kappa shape index (κ3) is 8.45. The van der Waals surface area contributed by atoms with Gasteiger partial charge in [-0.3, -0.25) is 4.79 Å². The molecule has 0 amide bonds. The summed E-state index contributed by atoms with van der Waals surface area (Å²) in [5.74, 6) is -0.315. The van der Waals surface area contributed by atoms with Crippen molar-refractivity contribution in [1.82, 2.24) is 0 Å². The average Bonchev–Trinajstić information content (AvgIpc) is 2.89. The molecule has 0 spiro atoms. The molecule has 0 saturated carbocycles. The maximum Gasteiger partial charge on any atom is 0.194 e. The van der Waals surface area contributed by atoms with E-state index in [9.17, 15) is 9.90 Å². The molecule has 3 aromatic carbocycles. The summed E-state index contributed by atoms with van der Waals surface area (Å²) in [7, 11) is -2.42. The van der Waals surface area contributed by atoms with Crippen molar-refractivity contribution in [2.75, 3.05) is 6.61 Å². The van der Waals surface area contributed by atoms with Crippen LogP contribution in [0, 0.1) is 0 Å². The van der Waals surface area contributed by atoms with Gasteiger partial charge in [-0.1, -0.05) is 112 Å². The van der Waals surface area contributed by atoms with Crippen molar-refractivity contribution in [3.8, 4) is 0 Å². The maximum absolute atomic E-state index is 14.1. The molecule has 198 valence electrons. The minimum absolute atomic E-state index is 0.0550. The largest absolute Gasteiger partial charge is 0.404 e.